The van der Waals surface area contributed by atoms with E-state index in [0.29, 0.717) is 17.6 Å². The van der Waals surface area contributed by atoms with E-state index in [1.54, 1.807) is 0 Å². The van der Waals surface area contributed by atoms with Crippen molar-refractivity contribution in [2.24, 2.45) is 11.8 Å². The molecule has 0 saturated heterocycles. The van der Waals surface area contributed by atoms with Crippen molar-refractivity contribution in [1.82, 2.24) is 0 Å². The highest BCUT2D eigenvalue weighted by Gasteiger charge is 2.39. The van der Waals surface area contributed by atoms with Crippen molar-refractivity contribution in [3.05, 3.63) is 34.9 Å². The first kappa shape index (κ1) is 9.45. The molecule has 0 spiro atoms. The molecule has 0 heterocycles. The molecule has 0 N–H and O–H groups in total. The van der Waals surface area contributed by atoms with Crippen molar-refractivity contribution in [3.63, 3.8) is 0 Å². The van der Waals surface area contributed by atoms with Gasteiger partial charge in [-0.3, -0.25) is 4.79 Å². The molecule has 0 aromatic heterocycles. The molecular formula is C13H16O. The smallest absolute Gasteiger partial charge is 0.166 e. The fourth-order valence-corrected chi connectivity index (χ4v) is 2.02. The number of ketones is 1. The highest BCUT2D eigenvalue weighted by Crippen LogP contribution is 2.40. The lowest BCUT2D eigenvalue weighted by atomic mass is 10.0. The molecule has 1 aliphatic rings. The summed E-state index contributed by atoms with van der Waals surface area (Å²) in [5.41, 5.74) is 3.26. The third-order valence-corrected chi connectivity index (χ3v) is 2.95. The zero-order chi connectivity index (χ0) is 10.3. The largest absolute Gasteiger partial charge is 0.294 e. The Balaban J connectivity index is 2.27. The van der Waals surface area contributed by atoms with Crippen molar-refractivity contribution in [2.75, 3.05) is 0 Å². The van der Waals surface area contributed by atoms with Crippen molar-refractivity contribution in [2.45, 2.75) is 27.2 Å². The number of aryl methyl sites for hydroxylation is 2. The summed E-state index contributed by atoms with van der Waals surface area (Å²) in [5, 5.41) is 0. The second-order valence-corrected chi connectivity index (χ2v) is 4.56. The van der Waals surface area contributed by atoms with Crippen LogP contribution in [-0.4, -0.2) is 5.78 Å². The maximum Gasteiger partial charge on any atom is 0.166 e. The zero-order valence-corrected chi connectivity index (χ0v) is 9.00. The normalized spacial score (nSPS) is 24.8. The Hall–Kier alpha value is -1.11. The van der Waals surface area contributed by atoms with Crippen LogP contribution in [0.2, 0.25) is 0 Å². The molecule has 1 saturated carbocycles. The van der Waals surface area contributed by atoms with Gasteiger partial charge in [0.2, 0.25) is 0 Å². The van der Waals surface area contributed by atoms with E-state index >= 15 is 0 Å². The first-order valence-electron chi connectivity index (χ1n) is 5.20. The van der Waals surface area contributed by atoms with Gasteiger partial charge in [-0.2, -0.15) is 0 Å². The van der Waals surface area contributed by atoms with Gasteiger partial charge in [-0.05, 0) is 38.3 Å². The molecule has 1 aromatic carbocycles. The van der Waals surface area contributed by atoms with Crippen LogP contribution < -0.4 is 0 Å². The van der Waals surface area contributed by atoms with Crippen LogP contribution in [0.3, 0.4) is 0 Å². The average molecular weight is 188 g/mol. The molecule has 0 aliphatic heterocycles. The minimum atomic E-state index is 0.302. The predicted molar refractivity (Wildman–Crippen MR) is 57.5 cm³/mol. The number of benzene rings is 1. The second kappa shape index (κ2) is 3.23. The third kappa shape index (κ3) is 1.72. The van der Waals surface area contributed by atoms with Gasteiger partial charge >= 0.3 is 0 Å². The molecule has 1 heteroatoms. The molecule has 2 atom stereocenters. The Labute approximate surface area is 85.1 Å². The van der Waals surface area contributed by atoms with E-state index in [4.69, 9.17) is 0 Å². The summed E-state index contributed by atoms with van der Waals surface area (Å²) in [6.45, 7) is 6.23. The van der Waals surface area contributed by atoms with Gasteiger partial charge in [-0.15, -0.1) is 0 Å². The van der Waals surface area contributed by atoms with E-state index in [9.17, 15) is 4.79 Å². The van der Waals surface area contributed by atoms with Crippen LogP contribution in [0.4, 0.5) is 0 Å². The molecule has 0 unspecified atom stereocenters. The number of hydrogen-bond acceptors (Lipinski definition) is 1. The highest BCUT2D eigenvalue weighted by atomic mass is 16.1. The highest BCUT2D eigenvalue weighted by molar-refractivity contribution is 5.99. The molecule has 0 radical (unpaired) electrons. The van der Waals surface area contributed by atoms with Gasteiger partial charge in [-0.1, -0.05) is 24.1 Å². The quantitative estimate of drug-likeness (QED) is 0.652. The molecule has 74 valence electrons. The predicted octanol–water partition coefficient (Wildman–Crippen LogP) is 3.14. The van der Waals surface area contributed by atoms with E-state index < -0.39 is 0 Å². The fourth-order valence-electron chi connectivity index (χ4n) is 2.02. The van der Waals surface area contributed by atoms with Gasteiger partial charge < -0.3 is 0 Å². The number of carbonyl (C=O) groups excluding carboxylic acids is 1. The Kier molecular flexibility index (Phi) is 2.18. The van der Waals surface area contributed by atoms with Crippen LogP contribution in [0.5, 0.6) is 0 Å². The minimum absolute atomic E-state index is 0.302. The van der Waals surface area contributed by atoms with E-state index in [-0.39, 0.29) is 0 Å². The van der Waals surface area contributed by atoms with Gasteiger partial charge in [0.25, 0.3) is 0 Å². The summed E-state index contributed by atoms with van der Waals surface area (Å²) in [4.78, 5) is 11.9. The summed E-state index contributed by atoms with van der Waals surface area (Å²) >= 11 is 0. The Morgan fingerprint density at radius 3 is 2.14 bits per heavy atom. The standard InChI is InChI=1S/C13H16O/c1-8-4-9(2)6-11(5-8)13(14)12-7-10(12)3/h4-6,10,12H,7H2,1-3H3/t10-,12+/m1/s1. The molecule has 1 nitrogen and oxygen atoms in total. The van der Waals surface area contributed by atoms with Gasteiger partial charge in [0.1, 0.15) is 0 Å². The first-order valence-corrected chi connectivity index (χ1v) is 5.20. The molecule has 1 fully saturated rings. The fraction of sp³-hybridized carbons (Fsp3) is 0.462. The third-order valence-electron chi connectivity index (χ3n) is 2.95. The van der Waals surface area contributed by atoms with Crippen molar-refractivity contribution < 1.29 is 4.79 Å². The van der Waals surface area contributed by atoms with Crippen LogP contribution in [-0.2, 0) is 0 Å². The maximum atomic E-state index is 11.9. The summed E-state index contributed by atoms with van der Waals surface area (Å²) in [7, 11) is 0. The van der Waals surface area contributed by atoms with Gasteiger partial charge in [0.15, 0.2) is 5.78 Å². The summed E-state index contributed by atoms with van der Waals surface area (Å²) in [6, 6.07) is 6.11. The number of hydrogen-bond donors (Lipinski definition) is 0. The molecule has 1 aromatic rings. The second-order valence-electron chi connectivity index (χ2n) is 4.56. The van der Waals surface area contributed by atoms with E-state index in [2.05, 4.69) is 13.0 Å². The number of Topliss-reactive ketones (excluding diaryl/α,β-unsaturated/α-hetero) is 1. The van der Waals surface area contributed by atoms with E-state index in [0.717, 1.165) is 12.0 Å². The lowest BCUT2D eigenvalue weighted by molar-refractivity contribution is 0.0962. The van der Waals surface area contributed by atoms with Gasteiger partial charge in [0.05, 0.1) is 0 Å². The van der Waals surface area contributed by atoms with Crippen molar-refractivity contribution >= 4 is 5.78 Å². The van der Waals surface area contributed by atoms with Crippen molar-refractivity contribution in [3.8, 4) is 0 Å². The topological polar surface area (TPSA) is 17.1 Å². The summed E-state index contributed by atoms with van der Waals surface area (Å²) in [5.74, 6) is 1.24. The van der Waals surface area contributed by atoms with Crippen LogP contribution in [0.25, 0.3) is 0 Å². The molecular weight excluding hydrogens is 172 g/mol. The SMILES string of the molecule is Cc1cc(C)cc(C(=O)[C@H]2C[C@H]2C)c1. The average Bonchev–Trinajstić information content (AvgIpc) is 2.79. The lowest BCUT2D eigenvalue weighted by Crippen LogP contribution is -2.03. The molecule has 0 amide bonds. The van der Waals surface area contributed by atoms with Gasteiger partial charge in [-0.25, -0.2) is 0 Å². The lowest BCUT2D eigenvalue weighted by Gasteiger charge is -2.03. The summed E-state index contributed by atoms with van der Waals surface area (Å²) in [6.07, 6.45) is 1.08. The van der Waals surface area contributed by atoms with Crippen LogP contribution in [0.15, 0.2) is 18.2 Å². The van der Waals surface area contributed by atoms with Crippen molar-refractivity contribution in [1.29, 1.82) is 0 Å². The Bertz CT molecular complexity index is 359. The van der Waals surface area contributed by atoms with Crippen LogP contribution in [0, 0.1) is 25.7 Å². The molecule has 2 rings (SSSR count). The Morgan fingerprint density at radius 2 is 1.71 bits per heavy atom. The molecule has 1 aliphatic carbocycles. The van der Waals surface area contributed by atoms with E-state index in [1.807, 2.05) is 26.0 Å². The van der Waals surface area contributed by atoms with Crippen LogP contribution >= 0.6 is 0 Å². The minimum Gasteiger partial charge on any atom is -0.294 e. The Morgan fingerprint density at radius 1 is 1.21 bits per heavy atom. The monoisotopic (exact) mass is 188 g/mol. The maximum absolute atomic E-state index is 11.9. The van der Waals surface area contributed by atoms with Crippen LogP contribution in [0.1, 0.15) is 34.8 Å². The van der Waals surface area contributed by atoms with E-state index in [1.165, 1.54) is 11.1 Å². The first-order chi connectivity index (χ1) is 6.58. The zero-order valence-electron chi connectivity index (χ0n) is 9.00. The van der Waals surface area contributed by atoms with Gasteiger partial charge in [0, 0.05) is 11.5 Å². The number of carbonyl (C=O) groups is 1. The molecule has 14 heavy (non-hydrogen) atoms. The number of rotatable bonds is 2. The summed E-state index contributed by atoms with van der Waals surface area (Å²) < 4.78 is 0. The molecule has 0 bridgehead atoms.